The van der Waals surface area contributed by atoms with Crippen LogP contribution in [0.25, 0.3) is 10.8 Å². The number of amides is 2. The molecule has 0 bridgehead atoms. The Hall–Kier alpha value is -4.43. The zero-order valence-electron chi connectivity index (χ0n) is 20.3. The van der Waals surface area contributed by atoms with Crippen LogP contribution in [-0.4, -0.2) is 29.6 Å². The molecule has 188 valence electrons. The van der Waals surface area contributed by atoms with Crippen LogP contribution in [0.3, 0.4) is 0 Å². The van der Waals surface area contributed by atoms with Crippen molar-refractivity contribution in [3.05, 3.63) is 108 Å². The van der Waals surface area contributed by atoms with E-state index in [1.165, 1.54) is 5.56 Å². The summed E-state index contributed by atoms with van der Waals surface area (Å²) in [5, 5.41) is 4.59. The zero-order chi connectivity index (χ0) is 26.0. The molecule has 0 aliphatic rings. The van der Waals surface area contributed by atoms with Gasteiger partial charge in [0.2, 0.25) is 0 Å². The first-order chi connectivity index (χ1) is 18.0. The Morgan fingerprint density at radius 1 is 0.811 bits per heavy atom. The number of nitrogens with one attached hydrogen (secondary N) is 3. The number of benzene rings is 4. The molecule has 0 saturated heterocycles. The lowest BCUT2D eigenvalue weighted by atomic mass is 10.1. The third-order valence-corrected chi connectivity index (χ3v) is 5.73. The maximum absolute atomic E-state index is 12.6. The van der Waals surface area contributed by atoms with Gasteiger partial charge < -0.3 is 9.47 Å². The summed E-state index contributed by atoms with van der Waals surface area (Å²) in [6.07, 6.45) is -0.0366. The Bertz CT molecular complexity index is 1390. The van der Waals surface area contributed by atoms with Gasteiger partial charge in [-0.15, -0.1) is 0 Å². The van der Waals surface area contributed by atoms with E-state index in [1.54, 1.807) is 31.2 Å². The highest BCUT2D eigenvalue weighted by molar-refractivity contribution is 7.80. The molecule has 4 rings (SSSR count). The largest absolute Gasteiger partial charge is 0.493 e. The molecule has 0 saturated carbocycles. The number of ether oxygens (including phenoxy) is 2. The van der Waals surface area contributed by atoms with Gasteiger partial charge in [-0.05, 0) is 65.8 Å². The second-order valence-electron chi connectivity index (χ2n) is 8.28. The maximum atomic E-state index is 12.6. The number of rotatable bonds is 8. The van der Waals surface area contributed by atoms with Gasteiger partial charge >= 0.3 is 0 Å². The summed E-state index contributed by atoms with van der Waals surface area (Å²) < 4.78 is 11.5. The average molecular weight is 514 g/mol. The van der Waals surface area contributed by atoms with Gasteiger partial charge in [-0.2, -0.15) is 0 Å². The van der Waals surface area contributed by atoms with Crippen LogP contribution in [-0.2, 0) is 11.2 Å². The standard InChI is InChI=1S/C29H27N3O4S/c1-20(36-26-15-14-22-10-5-6-11-23(22)18-26)27(33)31-32-29(37)30-28(34)24-12-7-13-25(19-24)35-17-16-21-8-3-2-4-9-21/h2-15,18-20H,16-17H2,1H3,(H,31,33)(H2,30,32,34,37). The summed E-state index contributed by atoms with van der Waals surface area (Å²) in [5.74, 6) is 0.276. The van der Waals surface area contributed by atoms with Gasteiger partial charge in [0, 0.05) is 12.0 Å². The minimum absolute atomic E-state index is 0.0494. The van der Waals surface area contributed by atoms with E-state index in [2.05, 4.69) is 16.2 Å². The SMILES string of the molecule is CC(Oc1ccc2ccccc2c1)C(=O)NNC(=S)NC(=O)c1cccc(OCCc2ccccc2)c1. The van der Waals surface area contributed by atoms with Crippen molar-refractivity contribution < 1.29 is 19.1 Å². The zero-order valence-corrected chi connectivity index (χ0v) is 21.1. The normalized spacial score (nSPS) is 11.3. The van der Waals surface area contributed by atoms with Crippen LogP contribution in [0, 0.1) is 0 Å². The minimum Gasteiger partial charge on any atom is -0.493 e. The monoisotopic (exact) mass is 513 g/mol. The fourth-order valence-electron chi connectivity index (χ4n) is 3.58. The van der Waals surface area contributed by atoms with E-state index < -0.39 is 17.9 Å². The van der Waals surface area contributed by atoms with Crippen molar-refractivity contribution in [2.75, 3.05) is 6.61 Å². The Balaban J connectivity index is 1.22. The van der Waals surface area contributed by atoms with Crippen LogP contribution in [0.5, 0.6) is 11.5 Å². The summed E-state index contributed by atoms with van der Waals surface area (Å²) in [7, 11) is 0. The Morgan fingerprint density at radius 2 is 1.57 bits per heavy atom. The lowest BCUT2D eigenvalue weighted by molar-refractivity contribution is -0.127. The summed E-state index contributed by atoms with van der Waals surface area (Å²) in [5.41, 5.74) is 6.54. The highest BCUT2D eigenvalue weighted by atomic mass is 32.1. The number of hydrogen-bond donors (Lipinski definition) is 3. The Labute approximate surface area is 220 Å². The first-order valence-electron chi connectivity index (χ1n) is 11.8. The molecule has 4 aromatic rings. The number of carbonyl (C=O) groups is 2. The molecule has 0 aliphatic heterocycles. The Kier molecular flexibility index (Phi) is 8.67. The molecule has 4 aromatic carbocycles. The molecule has 7 nitrogen and oxygen atoms in total. The summed E-state index contributed by atoms with van der Waals surface area (Å²) in [6.45, 7) is 2.11. The van der Waals surface area contributed by atoms with E-state index in [-0.39, 0.29) is 5.11 Å². The minimum atomic E-state index is -0.795. The van der Waals surface area contributed by atoms with Gasteiger partial charge in [-0.25, -0.2) is 0 Å². The number of hydrazine groups is 1. The highest BCUT2D eigenvalue weighted by Crippen LogP contribution is 2.21. The molecule has 1 atom stereocenters. The molecule has 0 spiro atoms. The molecule has 0 aromatic heterocycles. The third-order valence-electron chi connectivity index (χ3n) is 5.53. The lowest BCUT2D eigenvalue weighted by Crippen LogP contribution is -2.51. The molecule has 0 fully saturated rings. The van der Waals surface area contributed by atoms with Gasteiger partial charge in [0.05, 0.1) is 6.61 Å². The molecule has 1 unspecified atom stereocenters. The second kappa shape index (κ2) is 12.5. The predicted molar refractivity (Wildman–Crippen MR) is 147 cm³/mol. The molecule has 8 heteroatoms. The number of carbonyl (C=O) groups excluding carboxylic acids is 2. The fraction of sp³-hybridized carbons (Fsp3) is 0.138. The van der Waals surface area contributed by atoms with Crippen LogP contribution in [0.4, 0.5) is 0 Å². The van der Waals surface area contributed by atoms with E-state index in [0.717, 1.165) is 17.2 Å². The van der Waals surface area contributed by atoms with Gasteiger partial charge in [-0.1, -0.05) is 66.7 Å². The van der Waals surface area contributed by atoms with Gasteiger partial charge in [0.1, 0.15) is 11.5 Å². The van der Waals surface area contributed by atoms with E-state index in [9.17, 15) is 9.59 Å². The fourth-order valence-corrected chi connectivity index (χ4v) is 3.73. The average Bonchev–Trinajstić information content (AvgIpc) is 2.92. The van der Waals surface area contributed by atoms with Gasteiger partial charge in [0.15, 0.2) is 11.2 Å². The van der Waals surface area contributed by atoms with Crippen LogP contribution in [0.2, 0.25) is 0 Å². The Morgan fingerprint density at radius 3 is 2.38 bits per heavy atom. The van der Waals surface area contributed by atoms with Crippen LogP contribution < -0.4 is 25.6 Å². The van der Waals surface area contributed by atoms with Crippen molar-refractivity contribution in [2.45, 2.75) is 19.4 Å². The highest BCUT2D eigenvalue weighted by Gasteiger charge is 2.16. The van der Waals surface area contributed by atoms with Gasteiger partial charge in [-0.3, -0.25) is 25.8 Å². The molecular formula is C29H27N3O4S. The van der Waals surface area contributed by atoms with E-state index in [0.29, 0.717) is 23.7 Å². The molecule has 0 radical (unpaired) electrons. The van der Waals surface area contributed by atoms with E-state index in [4.69, 9.17) is 21.7 Å². The summed E-state index contributed by atoms with van der Waals surface area (Å²) in [6, 6.07) is 30.3. The molecular weight excluding hydrogens is 486 g/mol. The number of hydrogen-bond acceptors (Lipinski definition) is 5. The molecule has 37 heavy (non-hydrogen) atoms. The molecule has 2 amide bonds. The van der Waals surface area contributed by atoms with Crippen LogP contribution in [0.1, 0.15) is 22.8 Å². The molecule has 3 N–H and O–H groups in total. The smallest absolute Gasteiger partial charge is 0.279 e. The lowest BCUT2D eigenvalue weighted by Gasteiger charge is -2.16. The molecule has 0 aliphatic carbocycles. The maximum Gasteiger partial charge on any atom is 0.279 e. The number of thiocarbonyl (C=S) groups is 1. The van der Waals surface area contributed by atoms with Crippen molar-refractivity contribution >= 4 is 39.9 Å². The van der Waals surface area contributed by atoms with Crippen LogP contribution >= 0.6 is 12.2 Å². The third kappa shape index (κ3) is 7.52. The van der Waals surface area contributed by atoms with Crippen molar-refractivity contribution in [1.29, 1.82) is 0 Å². The van der Waals surface area contributed by atoms with Crippen molar-refractivity contribution in [1.82, 2.24) is 16.2 Å². The first kappa shape index (κ1) is 25.7. The van der Waals surface area contributed by atoms with Crippen molar-refractivity contribution in [3.63, 3.8) is 0 Å². The van der Waals surface area contributed by atoms with Gasteiger partial charge in [0.25, 0.3) is 11.8 Å². The summed E-state index contributed by atoms with van der Waals surface area (Å²) in [4.78, 5) is 25.0. The first-order valence-corrected chi connectivity index (χ1v) is 12.2. The topological polar surface area (TPSA) is 88.7 Å². The second-order valence-corrected chi connectivity index (χ2v) is 8.69. The molecule has 0 heterocycles. The van der Waals surface area contributed by atoms with Crippen molar-refractivity contribution in [3.8, 4) is 11.5 Å². The number of fused-ring (bicyclic) bond motifs is 1. The van der Waals surface area contributed by atoms with Crippen LogP contribution in [0.15, 0.2) is 97.1 Å². The van der Waals surface area contributed by atoms with Crippen molar-refractivity contribution in [2.24, 2.45) is 0 Å². The summed E-state index contributed by atoms with van der Waals surface area (Å²) >= 11 is 5.14. The predicted octanol–water partition coefficient (Wildman–Crippen LogP) is 4.56. The quantitative estimate of drug-likeness (QED) is 0.236. The van der Waals surface area contributed by atoms with E-state index >= 15 is 0 Å². The van der Waals surface area contributed by atoms with E-state index in [1.807, 2.05) is 72.8 Å².